The van der Waals surface area contributed by atoms with E-state index in [9.17, 15) is 27.1 Å². The minimum Gasteiger partial charge on any atom is -0.505 e. The summed E-state index contributed by atoms with van der Waals surface area (Å²) in [5.41, 5.74) is -0.391. The van der Waals surface area contributed by atoms with Crippen LogP contribution < -0.4 is 0 Å². The monoisotopic (exact) mass is 357 g/mol. The maximum atomic E-state index is 13.7. The smallest absolute Gasteiger partial charge is 0.200 e. The van der Waals surface area contributed by atoms with Crippen LogP contribution in [0.5, 0.6) is 5.75 Å². The van der Waals surface area contributed by atoms with Gasteiger partial charge in [-0.1, -0.05) is 26.8 Å². The van der Waals surface area contributed by atoms with Crippen LogP contribution in [0.25, 0.3) is 0 Å². The highest BCUT2D eigenvalue weighted by Gasteiger charge is 2.25. The maximum absolute atomic E-state index is 13.7. The minimum absolute atomic E-state index is 0.0335. The maximum Gasteiger partial charge on any atom is 0.200 e. The lowest BCUT2D eigenvalue weighted by Crippen LogP contribution is -2.11. The van der Waals surface area contributed by atoms with E-state index < -0.39 is 40.1 Å². The van der Waals surface area contributed by atoms with Gasteiger partial charge in [0.2, 0.25) is 5.82 Å². The molecule has 2 aromatic carbocycles. The van der Waals surface area contributed by atoms with Crippen LogP contribution in [-0.4, -0.2) is 11.3 Å². The van der Waals surface area contributed by atoms with Crippen LogP contribution in [0.2, 0.25) is 0 Å². The highest BCUT2D eigenvalue weighted by molar-refractivity contribution is 5.84. The van der Waals surface area contributed by atoms with Gasteiger partial charge in [0.25, 0.3) is 0 Å². The molecule has 0 fully saturated rings. The number of aliphatic imine (C=N–C) groups is 1. The number of halogens is 5. The van der Waals surface area contributed by atoms with E-state index in [1.54, 1.807) is 13.0 Å². The Labute approximate surface area is 141 Å². The molecule has 2 aromatic rings. The molecule has 0 amide bonds. The first-order valence-corrected chi connectivity index (χ1v) is 7.34. The summed E-state index contributed by atoms with van der Waals surface area (Å²) in [4.78, 5) is 3.73. The molecule has 0 aliphatic carbocycles. The van der Waals surface area contributed by atoms with Gasteiger partial charge < -0.3 is 5.11 Å². The lowest BCUT2D eigenvalue weighted by Gasteiger charge is -2.21. The van der Waals surface area contributed by atoms with E-state index in [0.29, 0.717) is 17.3 Å². The Morgan fingerprint density at radius 2 is 1.36 bits per heavy atom. The van der Waals surface area contributed by atoms with Crippen LogP contribution in [0.4, 0.5) is 27.6 Å². The summed E-state index contributed by atoms with van der Waals surface area (Å²) in [6.45, 7) is 7.27. The van der Waals surface area contributed by atoms with Crippen molar-refractivity contribution in [3.8, 4) is 5.75 Å². The summed E-state index contributed by atoms with van der Waals surface area (Å²) in [7, 11) is 0. The molecule has 0 unspecified atom stereocenters. The lowest BCUT2D eigenvalue weighted by atomic mass is 9.85. The van der Waals surface area contributed by atoms with Crippen molar-refractivity contribution in [2.24, 2.45) is 4.99 Å². The summed E-state index contributed by atoms with van der Waals surface area (Å²) < 4.78 is 66.8. The number of phenols is 1. The number of aromatic hydroxyl groups is 1. The molecule has 0 aromatic heterocycles. The van der Waals surface area contributed by atoms with Gasteiger partial charge in [-0.05, 0) is 24.0 Å². The van der Waals surface area contributed by atoms with E-state index in [-0.39, 0.29) is 11.4 Å². The second-order valence-corrected chi connectivity index (χ2v) is 6.67. The molecule has 25 heavy (non-hydrogen) atoms. The normalized spacial score (nSPS) is 12.2. The lowest BCUT2D eigenvalue weighted by molar-refractivity contribution is 0.377. The van der Waals surface area contributed by atoms with Crippen molar-refractivity contribution in [3.63, 3.8) is 0 Å². The molecule has 0 bridgehead atoms. The largest absolute Gasteiger partial charge is 0.505 e. The van der Waals surface area contributed by atoms with Crippen molar-refractivity contribution in [1.82, 2.24) is 0 Å². The number of hydrogen-bond acceptors (Lipinski definition) is 2. The molecule has 0 aliphatic heterocycles. The third-order valence-corrected chi connectivity index (χ3v) is 3.62. The summed E-state index contributed by atoms with van der Waals surface area (Å²) in [5, 5.41) is 10.3. The Bertz CT molecular complexity index is 840. The van der Waals surface area contributed by atoms with Crippen LogP contribution in [0.15, 0.2) is 17.1 Å². The Kier molecular flexibility index (Phi) is 4.88. The average molecular weight is 357 g/mol. The Balaban J connectivity index is 2.61. The van der Waals surface area contributed by atoms with Crippen LogP contribution in [0.1, 0.15) is 37.5 Å². The fourth-order valence-corrected chi connectivity index (χ4v) is 2.30. The standard InChI is InChI=1S/C18H16F5NO/c1-8-5-10(18(2,3)4)17(25)11(6-8)24-7-9-12(19)14(21)16(23)15(22)13(9)20/h5-7,25H,1-4H3/b24-7-. The molecule has 7 heteroatoms. The average Bonchev–Trinajstić information content (AvgIpc) is 2.52. The fourth-order valence-electron chi connectivity index (χ4n) is 2.30. The van der Waals surface area contributed by atoms with Crippen LogP contribution in [-0.2, 0) is 5.41 Å². The molecule has 0 radical (unpaired) electrons. The molecule has 0 heterocycles. The number of hydrogen-bond donors (Lipinski definition) is 1. The second kappa shape index (κ2) is 6.46. The number of phenolic OH excluding ortho intramolecular Hbond substituents is 1. The number of benzene rings is 2. The predicted octanol–water partition coefficient (Wildman–Crippen LogP) is 5.44. The van der Waals surface area contributed by atoms with Gasteiger partial charge >= 0.3 is 0 Å². The van der Waals surface area contributed by atoms with Gasteiger partial charge in [-0.15, -0.1) is 0 Å². The molecule has 2 nitrogen and oxygen atoms in total. The molecular weight excluding hydrogens is 341 g/mol. The van der Waals surface area contributed by atoms with Gasteiger partial charge in [0, 0.05) is 11.8 Å². The van der Waals surface area contributed by atoms with E-state index in [4.69, 9.17) is 0 Å². The molecule has 0 saturated carbocycles. The van der Waals surface area contributed by atoms with Gasteiger partial charge in [-0.2, -0.15) is 0 Å². The summed E-state index contributed by atoms with van der Waals surface area (Å²) >= 11 is 0. The van der Waals surface area contributed by atoms with Gasteiger partial charge in [0.05, 0.1) is 5.56 Å². The molecule has 134 valence electrons. The predicted molar refractivity (Wildman–Crippen MR) is 85.0 cm³/mol. The van der Waals surface area contributed by atoms with E-state index in [1.165, 1.54) is 6.07 Å². The van der Waals surface area contributed by atoms with Crippen LogP contribution in [0, 0.1) is 36.0 Å². The summed E-state index contributed by atoms with van der Waals surface area (Å²) in [6, 6.07) is 3.17. The minimum atomic E-state index is -2.24. The van der Waals surface area contributed by atoms with Crippen molar-refractivity contribution in [2.75, 3.05) is 0 Å². The quantitative estimate of drug-likeness (QED) is 0.330. The Morgan fingerprint density at radius 1 is 0.880 bits per heavy atom. The first-order chi connectivity index (χ1) is 11.4. The molecule has 0 atom stereocenters. The zero-order chi connectivity index (χ0) is 19.1. The Hall–Kier alpha value is -2.44. The highest BCUT2D eigenvalue weighted by Crippen LogP contribution is 2.38. The SMILES string of the molecule is Cc1cc(/N=C\c2c(F)c(F)c(F)c(F)c2F)c(O)c(C(C)(C)C)c1. The molecule has 0 aliphatic rings. The van der Waals surface area contributed by atoms with Crippen molar-refractivity contribution < 1.29 is 27.1 Å². The van der Waals surface area contributed by atoms with Crippen LogP contribution >= 0.6 is 0 Å². The van der Waals surface area contributed by atoms with Crippen LogP contribution in [0.3, 0.4) is 0 Å². The summed E-state index contributed by atoms with van der Waals surface area (Å²) in [5.74, 6) is -10.5. The van der Waals surface area contributed by atoms with Crippen molar-refractivity contribution >= 4 is 11.9 Å². The highest BCUT2D eigenvalue weighted by atomic mass is 19.2. The molecule has 2 rings (SSSR count). The fraction of sp³-hybridized carbons (Fsp3) is 0.278. The molecule has 0 spiro atoms. The van der Waals surface area contributed by atoms with E-state index in [0.717, 1.165) is 0 Å². The van der Waals surface area contributed by atoms with E-state index in [1.807, 2.05) is 20.8 Å². The number of aryl methyl sites for hydroxylation is 1. The number of rotatable bonds is 2. The zero-order valence-electron chi connectivity index (χ0n) is 14.0. The van der Waals surface area contributed by atoms with E-state index in [2.05, 4.69) is 4.99 Å². The van der Waals surface area contributed by atoms with Gasteiger partial charge in [-0.3, -0.25) is 4.99 Å². The van der Waals surface area contributed by atoms with Gasteiger partial charge in [0.15, 0.2) is 23.3 Å². The Morgan fingerprint density at radius 3 is 1.84 bits per heavy atom. The second-order valence-electron chi connectivity index (χ2n) is 6.67. The first-order valence-electron chi connectivity index (χ1n) is 7.34. The van der Waals surface area contributed by atoms with Gasteiger partial charge in [-0.25, -0.2) is 22.0 Å². The molecule has 1 N–H and O–H groups in total. The van der Waals surface area contributed by atoms with Crippen molar-refractivity contribution in [1.29, 1.82) is 0 Å². The third kappa shape index (κ3) is 3.50. The van der Waals surface area contributed by atoms with Gasteiger partial charge in [0.1, 0.15) is 11.4 Å². The zero-order valence-corrected chi connectivity index (χ0v) is 14.0. The van der Waals surface area contributed by atoms with Crippen molar-refractivity contribution in [3.05, 3.63) is 57.9 Å². The summed E-state index contributed by atoms with van der Waals surface area (Å²) in [6.07, 6.45) is 0.511. The first kappa shape index (κ1) is 18.9. The molecule has 0 saturated heterocycles. The topological polar surface area (TPSA) is 32.6 Å². The van der Waals surface area contributed by atoms with E-state index >= 15 is 0 Å². The number of nitrogens with zero attached hydrogens (tertiary/aromatic N) is 1. The third-order valence-electron chi connectivity index (χ3n) is 3.62. The molecular formula is C18H16F5NO. The van der Waals surface area contributed by atoms with Crippen molar-refractivity contribution in [2.45, 2.75) is 33.1 Å².